The summed E-state index contributed by atoms with van der Waals surface area (Å²) in [5, 5.41) is 3.96. The molecule has 0 radical (unpaired) electrons. The van der Waals surface area contributed by atoms with Gasteiger partial charge in [0.05, 0.1) is 24.7 Å². The molecular weight excluding hydrogens is 442 g/mol. The molecule has 2 atom stereocenters. The summed E-state index contributed by atoms with van der Waals surface area (Å²) < 4.78 is 52.9. The van der Waals surface area contributed by atoms with Crippen LogP contribution in [0, 0.1) is 12.5 Å². The second-order valence-corrected chi connectivity index (χ2v) is 9.48. The van der Waals surface area contributed by atoms with Gasteiger partial charge in [-0.05, 0) is 18.1 Å². The lowest BCUT2D eigenvalue weighted by molar-refractivity contribution is 0.144. The van der Waals surface area contributed by atoms with E-state index < -0.39 is 16.4 Å². The van der Waals surface area contributed by atoms with Gasteiger partial charge in [0.1, 0.15) is 23.5 Å². The van der Waals surface area contributed by atoms with Crippen molar-refractivity contribution < 1.29 is 17.2 Å². The van der Waals surface area contributed by atoms with E-state index in [2.05, 4.69) is 29.6 Å². The van der Waals surface area contributed by atoms with E-state index in [-0.39, 0.29) is 24.2 Å². The summed E-state index contributed by atoms with van der Waals surface area (Å²) in [5.74, 6) is 0.481. The lowest BCUT2D eigenvalue weighted by atomic mass is 9.94. The molecule has 10 nitrogen and oxygen atoms in total. The fourth-order valence-corrected chi connectivity index (χ4v) is 4.25. The third kappa shape index (κ3) is 4.81. The molecule has 4 heterocycles. The Morgan fingerprint density at radius 2 is 2.09 bits per heavy atom. The zero-order chi connectivity index (χ0) is 22.9. The third-order valence-corrected chi connectivity index (χ3v) is 5.87. The van der Waals surface area contributed by atoms with Gasteiger partial charge in [-0.25, -0.2) is 48.0 Å². The highest BCUT2D eigenvalue weighted by Crippen LogP contribution is 2.27. The first-order valence-electron chi connectivity index (χ1n) is 9.75. The summed E-state index contributed by atoms with van der Waals surface area (Å²) in [7, 11) is -3.34. The Morgan fingerprint density at radius 3 is 2.81 bits per heavy atom. The average Bonchev–Trinajstić information content (AvgIpc) is 3.20. The lowest BCUT2D eigenvalue weighted by Gasteiger charge is -2.33. The van der Waals surface area contributed by atoms with Crippen LogP contribution in [-0.2, 0) is 10.0 Å². The third-order valence-electron chi connectivity index (χ3n) is 5.18. The van der Waals surface area contributed by atoms with Crippen molar-refractivity contribution in [3.8, 4) is 11.4 Å². The van der Waals surface area contributed by atoms with E-state index in [1.807, 2.05) is 4.90 Å². The maximum absolute atomic E-state index is 13.1. The molecule has 4 rings (SSSR count). The quantitative estimate of drug-likeness (QED) is 0.556. The van der Waals surface area contributed by atoms with E-state index in [1.54, 1.807) is 6.07 Å². The molecule has 32 heavy (non-hydrogen) atoms. The van der Waals surface area contributed by atoms with Gasteiger partial charge in [0.15, 0.2) is 5.65 Å². The van der Waals surface area contributed by atoms with Crippen molar-refractivity contribution in [3.05, 3.63) is 47.8 Å². The van der Waals surface area contributed by atoms with Gasteiger partial charge in [0.25, 0.3) is 6.43 Å². The minimum atomic E-state index is -3.34. The van der Waals surface area contributed by atoms with Crippen molar-refractivity contribution in [2.45, 2.75) is 18.9 Å². The number of rotatable bonds is 6. The summed E-state index contributed by atoms with van der Waals surface area (Å²) in [6, 6.07) is 4.07. The zero-order valence-corrected chi connectivity index (χ0v) is 17.9. The lowest BCUT2D eigenvalue weighted by Crippen LogP contribution is -2.46. The highest BCUT2D eigenvalue weighted by Gasteiger charge is 2.32. The van der Waals surface area contributed by atoms with Crippen LogP contribution in [-0.4, -0.2) is 64.9 Å². The van der Waals surface area contributed by atoms with Crippen LogP contribution in [0.1, 0.15) is 18.5 Å². The van der Waals surface area contributed by atoms with Crippen LogP contribution in [0.15, 0.2) is 30.7 Å². The van der Waals surface area contributed by atoms with Crippen molar-refractivity contribution in [1.82, 2.24) is 29.3 Å². The molecule has 1 aliphatic heterocycles. The second-order valence-electron chi connectivity index (χ2n) is 7.64. The Balaban J connectivity index is 1.63. The molecule has 0 saturated carbocycles. The van der Waals surface area contributed by atoms with Crippen LogP contribution in [0.3, 0.4) is 0 Å². The van der Waals surface area contributed by atoms with Crippen LogP contribution < -0.4 is 9.62 Å². The van der Waals surface area contributed by atoms with Gasteiger partial charge in [-0.1, -0.05) is 0 Å². The van der Waals surface area contributed by atoms with E-state index in [1.165, 1.54) is 29.2 Å². The monoisotopic (exact) mass is 462 g/mol. The standard InChI is InChI=1S/C19H20F2N8O2S/c1-22-13-5-12(7-26-32(2,30)31)9-28(10-13)18-6-15(24-11-25-18)16-8-23-17-4-3-14(19(20)21)27-29(16)17/h3-4,6,8,11-13,19,26H,5,7,9-10H2,2H3. The summed E-state index contributed by atoms with van der Waals surface area (Å²) in [4.78, 5) is 18.3. The number of anilines is 1. The van der Waals surface area contributed by atoms with Crippen LogP contribution in [0.2, 0.25) is 0 Å². The predicted molar refractivity (Wildman–Crippen MR) is 113 cm³/mol. The number of piperidine rings is 1. The van der Waals surface area contributed by atoms with Crippen LogP contribution in [0.25, 0.3) is 21.9 Å². The number of hydrogen-bond donors (Lipinski definition) is 1. The van der Waals surface area contributed by atoms with Gasteiger partial charge >= 0.3 is 0 Å². The smallest absolute Gasteiger partial charge is 0.282 e. The maximum Gasteiger partial charge on any atom is 0.282 e. The molecule has 3 aromatic rings. The van der Waals surface area contributed by atoms with Gasteiger partial charge in [0, 0.05) is 25.6 Å². The first-order chi connectivity index (χ1) is 15.2. The molecule has 1 saturated heterocycles. The van der Waals surface area contributed by atoms with Crippen molar-refractivity contribution in [3.63, 3.8) is 0 Å². The van der Waals surface area contributed by atoms with Crippen LogP contribution in [0.5, 0.6) is 0 Å². The van der Waals surface area contributed by atoms with E-state index in [0.29, 0.717) is 42.4 Å². The molecule has 3 aromatic heterocycles. The molecule has 0 aromatic carbocycles. The fourth-order valence-electron chi connectivity index (χ4n) is 3.71. The van der Waals surface area contributed by atoms with E-state index >= 15 is 0 Å². The fraction of sp³-hybridized carbons (Fsp3) is 0.421. The summed E-state index contributed by atoms with van der Waals surface area (Å²) in [6.45, 7) is 8.62. The van der Waals surface area contributed by atoms with Crippen LogP contribution >= 0.6 is 0 Å². The zero-order valence-electron chi connectivity index (χ0n) is 17.1. The SMILES string of the molecule is [C-]#[N+]C1CC(CNS(C)(=O)=O)CN(c2cc(-c3cnc4ccc(C(F)F)nn34)ncn2)C1. The van der Waals surface area contributed by atoms with Gasteiger partial charge in [0.2, 0.25) is 16.1 Å². The molecular formula is C19H20F2N8O2S. The van der Waals surface area contributed by atoms with Gasteiger partial charge < -0.3 is 9.74 Å². The summed E-state index contributed by atoms with van der Waals surface area (Å²) in [6.07, 6.45) is 1.81. The Hall–Kier alpha value is -3.24. The minimum Gasteiger partial charge on any atom is -0.348 e. The van der Waals surface area contributed by atoms with Crippen molar-refractivity contribution in [2.24, 2.45) is 5.92 Å². The summed E-state index contributed by atoms with van der Waals surface area (Å²) >= 11 is 0. The second kappa shape index (κ2) is 8.71. The van der Waals surface area contributed by atoms with Crippen molar-refractivity contribution in [2.75, 3.05) is 30.8 Å². The minimum absolute atomic E-state index is 0.0675. The summed E-state index contributed by atoms with van der Waals surface area (Å²) in [5.41, 5.74) is 0.906. The van der Waals surface area contributed by atoms with E-state index in [4.69, 9.17) is 6.57 Å². The molecule has 168 valence electrons. The molecule has 1 N–H and O–H groups in total. The van der Waals surface area contributed by atoms with E-state index in [9.17, 15) is 17.2 Å². The first kappa shape index (κ1) is 22.0. The first-order valence-corrected chi connectivity index (χ1v) is 11.6. The largest absolute Gasteiger partial charge is 0.348 e. The van der Waals surface area contributed by atoms with Crippen LogP contribution in [0.4, 0.5) is 14.6 Å². The Morgan fingerprint density at radius 1 is 1.28 bits per heavy atom. The molecule has 0 spiro atoms. The Bertz CT molecular complexity index is 1270. The Kier molecular flexibility index (Phi) is 5.98. The topological polar surface area (TPSA) is 110 Å². The molecule has 2 unspecified atom stereocenters. The number of hydrogen-bond acceptors (Lipinski definition) is 7. The maximum atomic E-state index is 13.1. The number of halogens is 2. The van der Waals surface area contributed by atoms with Gasteiger partial charge in [-0.3, -0.25) is 0 Å². The number of alkyl halides is 2. The number of imidazole rings is 1. The van der Waals surface area contributed by atoms with E-state index in [0.717, 1.165) is 6.26 Å². The molecule has 0 aliphatic carbocycles. The molecule has 13 heteroatoms. The van der Waals surface area contributed by atoms with Gasteiger partial charge in [-0.2, -0.15) is 5.10 Å². The molecule has 0 bridgehead atoms. The molecule has 0 amide bonds. The number of fused-ring (bicyclic) bond motifs is 1. The Labute approximate surface area is 183 Å². The highest BCUT2D eigenvalue weighted by atomic mass is 32.2. The normalized spacial score (nSPS) is 19.4. The number of aromatic nitrogens is 5. The molecule has 1 aliphatic rings. The highest BCUT2D eigenvalue weighted by molar-refractivity contribution is 7.88. The molecule has 1 fully saturated rings. The average molecular weight is 462 g/mol. The van der Waals surface area contributed by atoms with Crippen molar-refractivity contribution in [1.29, 1.82) is 0 Å². The van der Waals surface area contributed by atoms with Gasteiger partial charge in [-0.15, -0.1) is 0 Å². The predicted octanol–water partition coefficient (Wildman–Crippen LogP) is 1.79. The number of nitrogens with zero attached hydrogens (tertiary/aromatic N) is 7. The number of nitrogens with one attached hydrogen (secondary N) is 1. The number of sulfonamides is 1. The van der Waals surface area contributed by atoms with Crippen molar-refractivity contribution >= 4 is 21.5 Å².